The van der Waals surface area contributed by atoms with Gasteiger partial charge in [-0.25, -0.2) is 0 Å². The van der Waals surface area contributed by atoms with E-state index in [0.29, 0.717) is 6.54 Å². The third-order valence-corrected chi connectivity index (χ3v) is 4.60. The summed E-state index contributed by atoms with van der Waals surface area (Å²) in [5.41, 5.74) is 0.997. The number of likely N-dealkylation sites (tertiary alicyclic amines) is 1. The number of ether oxygens (including phenoxy) is 1. The molecular weight excluding hydrogens is 278 g/mol. The van der Waals surface area contributed by atoms with Crippen molar-refractivity contribution in [2.45, 2.75) is 33.1 Å². The lowest BCUT2D eigenvalue weighted by atomic mass is 9.82. The normalized spacial score (nSPS) is 23.2. The number of carbonyl (C=O) groups is 1. The molecule has 0 aromatic heterocycles. The third kappa shape index (κ3) is 4.01. The van der Waals surface area contributed by atoms with Crippen LogP contribution >= 0.6 is 0 Å². The lowest BCUT2D eigenvalue weighted by molar-refractivity contribution is -0.139. The molecule has 0 spiro atoms. The average molecular weight is 305 g/mol. The van der Waals surface area contributed by atoms with Crippen molar-refractivity contribution < 1.29 is 14.6 Å². The van der Waals surface area contributed by atoms with E-state index in [4.69, 9.17) is 4.74 Å². The molecule has 4 heteroatoms. The van der Waals surface area contributed by atoms with E-state index in [2.05, 4.69) is 6.92 Å². The van der Waals surface area contributed by atoms with Gasteiger partial charge in [0.1, 0.15) is 5.75 Å². The maximum absolute atomic E-state index is 12.6. The number of piperidine rings is 1. The molecule has 2 rings (SSSR count). The topological polar surface area (TPSA) is 49.8 Å². The first-order valence-corrected chi connectivity index (χ1v) is 8.00. The Bertz CT molecular complexity index is 500. The number of hydrogen-bond acceptors (Lipinski definition) is 3. The van der Waals surface area contributed by atoms with Gasteiger partial charge in [0.25, 0.3) is 0 Å². The molecular formula is C18H27NO3. The fourth-order valence-electron chi connectivity index (χ4n) is 3.15. The highest BCUT2D eigenvalue weighted by molar-refractivity contribution is 5.79. The molecule has 1 aliphatic rings. The summed E-state index contributed by atoms with van der Waals surface area (Å²) in [5.74, 6) is 0.974. The van der Waals surface area contributed by atoms with Crippen LogP contribution in [0.4, 0.5) is 0 Å². The van der Waals surface area contributed by atoms with Crippen molar-refractivity contribution in [2.75, 3.05) is 26.8 Å². The van der Waals surface area contributed by atoms with Crippen molar-refractivity contribution in [2.24, 2.45) is 11.3 Å². The zero-order valence-corrected chi connectivity index (χ0v) is 13.8. The zero-order chi connectivity index (χ0) is 16.2. The average Bonchev–Trinajstić information content (AvgIpc) is 2.55. The van der Waals surface area contributed by atoms with Crippen molar-refractivity contribution in [3.05, 3.63) is 29.8 Å². The van der Waals surface area contributed by atoms with Crippen LogP contribution in [0.15, 0.2) is 24.3 Å². The van der Waals surface area contributed by atoms with E-state index in [-0.39, 0.29) is 23.8 Å². The summed E-state index contributed by atoms with van der Waals surface area (Å²) < 4.78 is 5.15. The molecule has 122 valence electrons. The monoisotopic (exact) mass is 305 g/mol. The molecule has 0 aliphatic carbocycles. The Hall–Kier alpha value is -1.55. The number of aliphatic hydroxyl groups is 1. The fourth-order valence-corrected chi connectivity index (χ4v) is 3.15. The highest BCUT2D eigenvalue weighted by atomic mass is 16.5. The van der Waals surface area contributed by atoms with Crippen molar-refractivity contribution in [1.82, 2.24) is 4.90 Å². The van der Waals surface area contributed by atoms with Gasteiger partial charge in [0.05, 0.1) is 13.7 Å². The van der Waals surface area contributed by atoms with Gasteiger partial charge in [0.2, 0.25) is 5.91 Å². The van der Waals surface area contributed by atoms with Crippen LogP contribution in [0.25, 0.3) is 0 Å². The van der Waals surface area contributed by atoms with Gasteiger partial charge in [0.15, 0.2) is 0 Å². The second-order valence-electron chi connectivity index (χ2n) is 6.79. The Balaban J connectivity index is 1.96. The van der Waals surface area contributed by atoms with Crippen LogP contribution in [0.3, 0.4) is 0 Å². The van der Waals surface area contributed by atoms with Crippen molar-refractivity contribution in [3.8, 4) is 5.75 Å². The van der Waals surface area contributed by atoms with Crippen LogP contribution in [-0.2, 0) is 11.2 Å². The number of amides is 1. The van der Waals surface area contributed by atoms with Crippen LogP contribution in [0.1, 0.15) is 32.3 Å². The molecule has 1 N–H and O–H groups in total. The lowest BCUT2D eigenvalue weighted by Gasteiger charge is -2.40. The first kappa shape index (κ1) is 16.8. The van der Waals surface area contributed by atoms with Gasteiger partial charge < -0.3 is 14.7 Å². The molecule has 2 atom stereocenters. The minimum atomic E-state index is -0.145. The Morgan fingerprint density at radius 2 is 2.09 bits per heavy atom. The molecule has 1 heterocycles. The van der Waals surface area contributed by atoms with E-state index in [1.165, 1.54) is 0 Å². The number of hydrogen-bond donors (Lipinski definition) is 1. The lowest BCUT2D eigenvalue weighted by Crippen LogP contribution is -2.48. The predicted molar refractivity (Wildman–Crippen MR) is 86.9 cm³/mol. The fraction of sp³-hybridized carbons (Fsp3) is 0.611. The van der Waals surface area contributed by atoms with Crippen LogP contribution in [-0.4, -0.2) is 42.7 Å². The first-order chi connectivity index (χ1) is 10.5. The molecule has 0 bridgehead atoms. The van der Waals surface area contributed by atoms with Crippen LogP contribution in [0.2, 0.25) is 0 Å². The minimum Gasteiger partial charge on any atom is -0.497 e. The van der Waals surface area contributed by atoms with Crippen LogP contribution in [0.5, 0.6) is 5.75 Å². The van der Waals surface area contributed by atoms with Gasteiger partial charge in [-0.3, -0.25) is 4.79 Å². The van der Waals surface area contributed by atoms with Gasteiger partial charge in [-0.05, 0) is 37.0 Å². The number of aliphatic hydroxyl groups excluding tert-OH is 1. The molecule has 4 nitrogen and oxygen atoms in total. The minimum absolute atomic E-state index is 0.0468. The Kier molecular flexibility index (Phi) is 5.46. The number of benzene rings is 1. The summed E-state index contributed by atoms with van der Waals surface area (Å²) >= 11 is 0. The number of nitrogens with zero attached hydrogens (tertiary/aromatic N) is 1. The van der Waals surface area contributed by atoms with Gasteiger partial charge in [-0.1, -0.05) is 26.0 Å². The Morgan fingerprint density at radius 3 is 2.68 bits per heavy atom. The standard InChI is InChI=1S/C18H27NO3/c1-14(11-15-5-7-16(22-3)8-6-15)17(21)19-10-4-9-18(2,12-19)13-20/h5-8,14,20H,4,9-13H2,1-3H3. The predicted octanol–water partition coefficient (Wildman–Crippen LogP) is 2.49. The van der Waals surface area contributed by atoms with E-state index in [1.54, 1.807) is 7.11 Å². The van der Waals surface area contributed by atoms with Gasteiger partial charge in [-0.2, -0.15) is 0 Å². The first-order valence-electron chi connectivity index (χ1n) is 8.00. The van der Waals surface area contributed by atoms with Gasteiger partial charge >= 0.3 is 0 Å². The second kappa shape index (κ2) is 7.14. The van der Waals surface area contributed by atoms with Crippen molar-refractivity contribution in [3.63, 3.8) is 0 Å². The largest absolute Gasteiger partial charge is 0.497 e. The summed E-state index contributed by atoms with van der Waals surface area (Å²) in [6.45, 7) is 5.65. The summed E-state index contributed by atoms with van der Waals surface area (Å²) in [5, 5.41) is 9.52. The molecule has 22 heavy (non-hydrogen) atoms. The highest BCUT2D eigenvalue weighted by Crippen LogP contribution is 2.29. The smallest absolute Gasteiger partial charge is 0.225 e. The molecule has 0 saturated carbocycles. The molecule has 1 aromatic carbocycles. The molecule has 1 saturated heterocycles. The summed E-state index contributed by atoms with van der Waals surface area (Å²) in [4.78, 5) is 14.6. The van der Waals surface area contributed by atoms with Crippen LogP contribution in [0, 0.1) is 11.3 Å². The quantitative estimate of drug-likeness (QED) is 0.909. The second-order valence-corrected chi connectivity index (χ2v) is 6.79. The summed E-state index contributed by atoms with van der Waals surface area (Å²) in [7, 11) is 1.65. The van der Waals surface area contributed by atoms with Gasteiger partial charge in [-0.15, -0.1) is 0 Å². The number of methoxy groups -OCH3 is 1. The van der Waals surface area contributed by atoms with E-state index >= 15 is 0 Å². The van der Waals surface area contributed by atoms with Crippen LogP contribution < -0.4 is 4.74 Å². The van der Waals surface area contributed by atoms with E-state index < -0.39 is 0 Å². The molecule has 2 unspecified atom stereocenters. The third-order valence-electron chi connectivity index (χ3n) is 4.60. The maximum atomic E-state index is 12.6. The molecule has 1 aliphatic heterocycles. The summed E-state index contributed by atoms with van der Waals surface area (Å²) in [6, 6.07) is 7.87. The van der Waals surface area contributed by atoms with E-state index in [0.717, 1.165) is 37.1 Å². The molecule has 1 fully saturated rings. The Labute approximate surface area is 133 Å². The van der Waals surface area contributed by atoms with E-state index in [9.17, 15) is 9.90 Å². The van der Waals surface area contributed by atoms with Crippen molar-refractivity contribution >= 4 is 5.91 Å². The SMILES string of the molecule is COc1ccc(CC(C)C(=O)N2CCCC(C)(CO)C2)cc1. The Morgan fingerprint density at radius 1 is 1.41 bits per heavy atom. The summed E-state index contributed by atoms with van der Waals surface area (Å²) in [6.07, 6.45) is 2.69. The van der Waals surface area contributed by atoms with Gasteiger partial charge in [0, 0.05) is 24.4 Å². The highest BCUT2D eigenvalue weighted by Gasteiger charge is 2.33. The number of carbonyl (C=O) groups excluding carboxylic acids is 1. The number of rotatable bonds is 5. The zero-order valence-electron chi connectivity index (χ0n) is 13.8. The van der Waals surface area contributed by atoms with Crippen molar-refractivity contribution in [1.29, 1.82) is 0 Å². The molecule has 0 radical (unpaired) electrons. The van der Waals surface area contributed by atoms with E-state index in [1.807, 2.05) is 36.1 Å². The molecule has 1 amide bonds. The molecule has 1 aromatic rings. The maximum Gasteiger partial charge on any atom is 0.225 e.